The van der Waals surface area contributed by atoms with Gasteiger partial charge in [0.15, 0.2) is 0 Å². The highest BCUT2D eigenvalue weighted by atomic mass is 32.2. The number of rotatable bonds is 5. The van der Waals surface area contributed by atoms with Crippen LogP contribution in [0.2, 0.25) is 0 Å². The molecule has 0 saturated carbocycles. The van der Waals surface area contributed by atoms with Gasteiger partial charge in [0.2, 0.25) is 10.0 Å². The van der Waals surface area contributed by atoms with Gasteiger partial charge in [-0.25, -0.2) is 13.6 Å². The van der Waals surface area contributed by atoms with Crippen LogP contribution in [0.4, 0.5) is 0 Å². The van der Waals surface area contributed by atoms with E-state index in [1.807, 2.05) is 0 Å². The van der Waals surface area contributed by atoms with Gasteiger partial charge < -0.3 is 5.32 Å². The van der Waals surface area contributed by atoms with E-state index in [-0.39, 0.29) is 17.0 Å². The number of nitrogens with two attached hydrogens (primary N) is 1. The highest BCUT2D eigenvalue weighted by Crippen LogP contribution is 2.15. The molecule has 1 atom stereocenters. The molecule has 106 valence electrons. The Morgan fingerprint density at radius 3 is 2.58 bits per heavy atom. The first-order chi connectivity index (χ1) is 8.71. The third kappa shape index (κ3) is 4.73. The van der Waals surface area contributed by atoms with E-state index in [2.05, 4.69) is 5.32 Å². The summed E-state index contributed by atoms with van der Waals surface area (Å²) in [6.45, 7) is 1.86. The van der Waals surface area contributed by atoms with Gasteiger partial charge in [0.05, 0.1) is 4.90 Å². The quantitative estimate of drug-likeness (QED) is 0.782. The number of primary sulfonamides is 1. The second kappa shape index (κ2) is 6.27. The monoisotopic (exact) mass is 304 g/mol. The van der Waals surface area contributed by atoms with Crippen molar-refractivity contribution in [2.75, 3.05) is 18.6 Å². The van der Waals surface area contributed by atoms with E-state index in [0.717, 1.165) is 0 Å². The van der Waals surface area contributed by atoms with Gasteiger partial charge in [0, 0.05) is 34.9 Å². The average Bonchev–Trinajstić information content (AvgIpc) is 2.27. The van der Waals surface area contributed by atoms with E-state index in [9.17, 15) is 17.4 Å². The van der Waals surface area contributed by atoms with Crippen molar-refractivity contribution in [2.24, 2.45) is 5.14 Å². The Morgan fingerprint density at radius 2 is 2.05 bits per heavy atom. The Hall–Kier alpha value is -1.25. The molecule has 0 aliphatic rings. The van der Waals surface area contributed by atoms with Gasteiger partial charge in [-0.15, -0.1) is 0 Å². The second-order valence-corrected chi connectivity index (χ2v) is 7.14. The fourth-order valence-corrected chi connectivity index (χ4v) is 2.66. The third-order valence-corrected chi connectivity index (χ3v) is 4.26. The molecular formula is C11H16N2O4S2. The maximum atomic E-state index is 11.8. The van der Waals surface area contributed by atoms with E-state index >= 15 is 0 Å². The van der Waals surface area contributed by atoms with Crippen molar-refractivity contribution < 1.29 is 17.4 Å². The smallest absolute Gasteiger partial charge is 0.251 e. The van der Waals surface area contributed by atoms with Crippen LogP contribution >= 0.6 is 0 Å². The van der Waals surface area contributed by atoms with Crippen LogP contribution in [-0.2, 0) is 20.8 Å². The first-order valence-corrected chi connectivity index (χ1v) is 8.71. The lowest BCUT2D eigenvalue weighted by Crippen LogP contribution is -2.28. The van der Waals surface area contributed by atoms with Gasteiger partial charge in [-0.2, -0.15) is 0 Å². The van der Waals surface area contributed by atoms with Gasteiger partial charge in [-0.3, -0.25) is 9.00 Å². The zero-order valence-corrected chi connectivity index (χ0v) is 12.3. The van der Waals surface area contributed by atoms with Crippen molar-refractivity contribution in [1.82, 2.24) is 5.32 Å². The summed E-state index contributed by atoms with van der Waals surface area (Å²) >= 11 is 0. The van der Waals surface area contributed by atoms with Crippen LogP contribution in [0.25, 0.3) is 0 Å². The number of hydrogen-bond acceptors (Lipinski definition) is 4. The average molecular weight is 304 g/mol. The first kappa shape index (κ1) is 15.8. The third-order valence-electron chi connectivity index (χ3n) is 2.43. The molecule has 6 nitrogen and oxygen atoms in total. The molecule has 0 aliphatic heterocycles. The summed E-state index contributed by atoms with van der Waals surface area (Å²) in [5.74, 6) is -0.0741. The van der Waals surface area contributed by atoms with E-state index in [1.165, 1.54) is 24.5 Å². The molecule has 1 amide bonds. The maximum absolute atomic E-state index is 11.8. The molecule has 0 heterocycles. The van der Waals surface area contributed by atoms with Crippen molar-refractivity contribution in [3.05, 3.63) is 29.3 Å². The molecule has 1 aromatic rings. The highest BCUT2D eigenvalue weighted by Gasteiger charge is 2.14. The van der Waals surface area contributed by atoms with Gasteiger partial charge in [-0.1, -0.05) is 6.07 Å². The van der Waals surface area contributed by atoms with Gasteiger partial charge >= 0.3 is 0 Å². The van der Waals surface area contributed by atoms with Crippen LogP contribution in [0, 0.1) is 6.92 Å². The summed E-state index contributed by atoms with van der Waals surface area (Å²) < 4.78 is 33.5. The Morgan fingerprint density at radius 1 is 1.42 bits per heavy atom. The molecule has 1 aromatic carbocycles. The molecule has 0 saturated heterocycles. The summed E-state index contributed by atoms with van der Waals surface area (Å²) in [7, 11) is -4.84. The predicted molar refractivity (Wildman–Crippen MR) is 73.8 cm³/mol. The number of carbonyl (C=O) groups is 1. The maximum Gasteiger partial charge on any atom is 0.251 e. The SMILES string of the molecule is Cc1ccc(C(=O)NCCS(C)=O)cc1S(N)(=O)=O. The second-order valence-electron chi connectivity index (χ2n) is 4.06. The fourth-order valence-electron chi connectivity index (χ4n) is 1.46. The number of sulfonamides is 1. The predicted octanol–water partition coefficient (Wildman–Crippen LogP) is -0.249. The van der Waals surface area contributed by atoms with Crippen molar-refractivity contribution in [3.8, 4) is 0 Å². The fraction of sp³-hybridized carbons (Fsp3) is 0.364. The summed E-state index contributed by atoms with van der Waals surface area (Å²) in [4.78, 5) is 11.7. The van der Waals surface area contributed by atoms with Crippen molar-refractivity contribution in [2.45, 2.75) is 11.8 Å². The number of amides is 1. The lowest BCUT2D eigenvalue weighted by molar-refractivity contribution is 0.0956. The molecule has 0 bridgehead atoms. The molecule has 1 unspecified atom stereocenters. The van der Waals surface area contributed by atoms with Gasteiger partial charge in [-0.05, 0) is 24.6 Å². The first-order valence-electron chi connectivity index (χ1n) is 5.43. The molecule has 3 N–H and O–H groups in total. The number of carbonyl (C=O) groups excluding carboxylic acids is 1. The molecule has 0 spiro atoms. The number of nitrogens with one attached hydrogen (secondary N) is 1. The molecule has 0 radical (unpaired) electrons. The van der Waals surface area contributed by atoms with Crippen molar-refractivity contribution >= 4 is 26.7 Å². The Bertz CT molecular complexity index is 611. The minimum atomic E-state index is -3.85. The van der Waals surface area contributed by atoms with E-state index < -0.39 is 26.7 Å². The van der Waals surface area contributed by atoms with Crippen LogP contribution in [0.3, 0.4) is 0 Å². The van der Waals surface area contributed by atoms with Gasteiger partial charge in [0.1, 0.15) is 0 Å². The Balaban J connectivity index is 2.91. The van der Waals surface area contributed by atoms with E-state index in [0.29, 0.717) is 11.3 Å². The van der Waals surface area contributed by atoms with Crippen molar-refractivity contribution in [1.29, 1.82) is 0 Å². The Kier molecular flexibility index (Phi) is 5.21. The van der Waals surface area contributed by atoms with Crippen LogP contribution in [-0.4, -0.2) is 37.1 Å². The largest absolute Gasteiger partial charge is 0.351 e. The van der Waals surface area contributed by atoms with Crippen LogP contribution in [0.15, 0.2) is 23.1 Å². The van der Waals surface area contributed by atoms with E-state index in [1.54, 1.807) is 6.92 Å². The molecule has 1 rings (SSSR count). The zero-order chi connectivity index (χ0) is 14.6. The summed E-state index contributed by atoms with van der Waals surface area (Å²) in [5, 5.41) is 7.63. The topological polar surface area (TPSA) is 106 Å². The number of aryl methyl sites for hydroxylation is 1. The highest BCUT2D eigenvalue weighted by molar-refractivity contribution is 7.89. The number of benzene rings is 1. The summed E-state index contributed by atoms with van der Waals surface area (Å²) in [6, 6.07) is 4.28. The van der Waals surface area contributed by atoms with Crippen LogP contribution in [0.5, 0.6) is 0 Å². The number of hydrogen-bond donors (Lipinski definition) is 2. The van der Waals surface area contributed by atoms with Crippen molar-refractivity contribution in [3.63, 3.8) is 0 Å². The van der Waals surface area contributed by atoms with E-state index in [4.69, 9.17) is 5.14 Å². The molecule has 0 aromatic heterocycles. The molecule has 0 fully saturated rings. The Labute approximate surface area is 114 Å². The molecule has 8 heteroatoms. The molecule has 0 aliphatic carbocycles. The van der Waals surface area contributed by atoms with Gasteiger partial charge in [0.25, 0.3) is 5.91 Å². The summed E-state index contributed by atoms with van der Waals surface area (Å²) in [5.41, 5.74) is 0.685. The van der Waals surface area contributed by atoms with Crippen LogP contribution < -0.4 is 10.5 Å². The minimum Gasteiger partial charge on any atom is -0.351 e. The van der Waals surface area contributed by atoms with Crippen LogP contribution in [0.1, 0.15) is 15.9 Å². The minimum absolute atomic E-state index is 0.0702. The lowest BCUT2D eigenvalue weighted by Gasteiger charge is -2.07. The summed E-state index contributed by atoms with van der Waals surface area (Å²) in [6.07, 6.45) is 1.54. The molecule has 19 heavy (non-hydrogen) atoms. The standard InChI is InChI=1S/C11H16N2O4S2/c1-8-3-4-9(7-10(8)19(12,16)17)11(14)13-5-6-18(2)15/h3-4,7H,5-6H2,1-2H3,(H,13,14)(H2,12,16,17). The molecular weight excluding hydrogens is 288 g/mol. The normalized spacial score (nSPS) is 13.0. The zero-order valence-electron chi connectivity index (χ0n) is 10.7. The lowest BCUT2D eigenvalue weighted by atomic mass is 10.1.